The summed E-state index contributed by atoms with van der Waals surface area (Å²) in [6, 6.07) is 9.22. The molecule has 0 fully saturated rings. The summed E-state index contributed by atoms with van der Waals surface area (Å²) in [5.74, 6) is 0.388. The van der Waals surface area contributed by atoms with Gasteiger partial charge in [-0.25, -0.2) is 5.43 Å². The first-order valence-corrected chi connectivity index (χ1v) is 8.71. The quantitative estimate of drug-likeness (QED) is 0.365. The van der Waals surface area contributed by atoms with Crippen molar-refractivity contribution in [3.8, 4) is 11.5 Å². The van der Waals surface area contributed by atoms with E-state index in [0.717, 1.165) is 4.47 Å². The van der Waals surface area contributed by atoms with Crippen LogP contribution in [-0.4, -0.2) is 30.8 Å². The van der Waals surface area contributed by atoms with Crippen molar-refractivity contribution in [3.05, 3.63) is 61.0 Å². The fraction of sp³-hybridized carbons (Fsp3) is 0.125. The Kier molecular flexibility index (Phi) is 7.10. The molecule has 10 heteroatoms. The highest BCUT2D eigenvalue weighted by Gasteiger charge is 2.12. The van der Waals surface area contributed by atoms with Crippen molar-refractivity contribution in [2.75, 3.05) is 13.7 Å². The number of nitrogens with one attached hydrogen (secondary N) is 1. The van der Waals surface area contributed by atoms with E-state index in [9.17, 15) is 14.9 Å². The highest BCUT2D eigenvalue weighted by Crippen LogP contribution is 2.38. The maximum atomic E-state index is 11.8. The van der Waals surface area contributed by atoms with Crippen LogP contribution in [0.1, 0.15) is 5.56 Å². The predicted octanol–water partition coefficient (Wildman–Crippen LogP) is 3.66. The first kappa shape index (κ1) is 19.9. The van der Waals surface area contributed by atoms with E-state index in [1.807, 2.05) is 0 Å². The van der Waals surface area contributed by atoms with Crippen LogP contribution in [0.4, 0.5) is 5.69 Å². The number of non-ortho nitro benzene ring substituents is 1. The molecule has 0 heterocycles. The number of methoxy groups -OCH3 is 1. The van der Waals surface area contributed by atoms with Gasteiger partial charge in [-0.2, -0.15) is 5.10 Å². The average Bonchev–Trinajstić information content (AvgIpc) is 2.60. The van der Waals surface area contributed by atoms with Crippen LogP contribution < -0.4 is 14.9 Å². The van der Waals surface area contributed by atoms with E-state index in [4.69, 9.17) is 9.47 Å². The summed E-state index contributed by atoms with van der Waals surface area (Å²) in [4.78, 5) is 21.9. The summed E-state index contributed by atoms with van der Waals surface area (Å²) in [5.41, 5.74) is 2.90. The third-order valence-electron chi connectivity index (χ3n) is 3.05. The fourth-order valence-electron chi connectivity index (χ4n) is 1.86. The predicted molar refractivity (Wildman–Crippen MR) is 103 cm³/mol. The van der Waals surface area contributed by atoms with Crippen LogP contribution in [-0.2, 0) is 4.79 Å². The van der Waals surface area contributed by atoms with Gasteiger partial charge in [-0.15, -0.1) is 0 Å². The number of hydrogen-bond acceptors (Lipinski definition) is 6. The lowest BCUT2D eigenvalue weighted by Crippen LogP contribution is -2.24. The minimum Gasteiger partial charge on any atom is -0.493 e. The lowest BCUT2D eigenvalue weighted by atomic mass is 10.2. The van der Waals surface area contributed by atoms with Gasteiger partial charge in [-0.3, -0.25) is 14.9 Å². The number of carbonyl (C=O) groups is 1. The van der Waals surface area contributed by atoms with Crippen molar-refractivity contribution < 1.29 is 19.2 Å². The summed E-state index contributed by atoms with van der Waals surface area (Å²) in [5, 5.41) is 14.4. The lowest BCUT2D eigenvalue weighted by molar-refractivity contribution is -0.384. The largest absolute Gasteiger partial charge is 0.493 e. The Bertz CT molecular complexity index is 841. The number of nitrogens with zero attached hydrogens (tertiary/aromatic N) is 2. The Hall–Kier alpha value is -2.46. The zero-order valence-electron chi connectivity index (χ0n) is 13.4. The molecule has 0 unspecified atom stereocenters. The van der Waals surface area contributed by atoms with Crippen molar-refractivity contribution in [1.29, 1.82) is 0 Å². The molecular formula is C16H13Br2N3O5. The number of nitro benzene ring substituents is 1. The van der Waals surface area contributed by atoms with E-state index in [0.29, 0.717) is 21.5 Å². The molecule has 0 spiro atoms. The fourth-order valence-corrected chi connectivity index (χ4v) is 3.16. The van der Waals surface area contributed by atoms with Crippen LogP contribution in [0.3, 0.4) is 0 Å². The lowest BCUT2D eigenvalue weighted by Gasteiger charge is -2.12. The maximum Gasteiger partial charge on any atom is 0.277 e. The SMILES string of the molecule is COc1cc(Br)cc(Br)c1OCC(=O)N/N=C/c1ccc([N+](=O)[O-])cc1. The van der Waals surface area contributed by atoms with Gasteiger partial charge < -0.3 is 9.47 Å². The molecule has 0 saturated carbocycles. The number of hydrazone groups is 1. The summed E-state index contributed by atoms with van der Waals surface area (Å²) in [6.45, 7) is -0.270. The van der Waals surface area contributed by atoms with Gasteiger partial charge in [0, 0.05) is 16.6 Å². The number of hydrogen-bond donors (Lipinski definition) is 1. The molecule has 136 valence electrons. The highest BCUT2D eigenvalue weighted by atomic mass is 79.9. The van der Waals surface area contributed by atoms with Gasteiger partial charge in [0.05, 0.1) is 22.7 Å². The monoisotopic (exact) mass is 485 g/mol. The second-order valence-electron chi connectivity index (χ2n) is 4.85. The Labute approximate surface area is 165 Å². The van der Waals surface area contributed by atoms with Gasteiger partial charge in [-0.1, -0.05) is 15.9 Å². The minimum absolute atomic E-state index is 0.0198. The second kappa shape index (κ2) is 9.30. The van der Waals surface area contributed by atoms with Gasteiger partial charge in [0.1, 0.15) is 0 Å². The first-order chi connectivity index (χ1) is 12.4. The standard InChI is InChI=1S/C16H13Br2N3O5/c1-25-14-7-11(17)6-13(18)16(14)26-9-15(22)20-19-8-10-2-4-12(5-3-10)21(23)24/h2-8H,9H2,1H3,(H,20,22)/b19-8+. The smallest absolute Gasteiger partial charge is 0.277 e. The normalized spacial score (nSPS) is 10.6. The minimum atomic E-state index is -0.492. The number of ether oxygens (including phenoxy) is 2. The van der Waals surface area contributed by atoms with Crippen LogP contribution >= 0.6 is 31.9 Å². The zero-order valence-corrected chi connectivity index (χ0v) is 16.6. The number of rotatable bonds is 7. The van der Waals surface area contributed by atoms with E-state index in [1.165, 1.54) is 37.6 Å². The third-order valence-corrected chi connectivity index (χ3v) is 4.10. The topological polar surface area (TPSA) is 103 Å². The molecule has 1 amide bonds. The average molecular weight is 487 g/mol. The molecule has 26 heavy (non-hydrogen) atoms. The Morgan fingerprint density at radius 2 is 2.00 bits per heavy atom. The first-order valence-electron chi connectivity index (χ1n) is 7.13. The molecule has 0 aliphatic carbocycles. The van der Waals surface area contributed by atoms with Crippen molar-refractivity contribution in [2.45, 2.75) is 0 Å². The van der Waals surface area contributed by atoms with Gasteiger partial charge in [0.15, 0.2) is 18.1 Å². The third kappa shape index (κ3) is 5.53. The number of amides is 1. The van der Waals surface area contributed by atoms with Crippen molar-refractivity contribution in [3.63, 3.8) is 0 Å². The Morgan fingerprint density at radius 1 is 1.31 bits per heavy atom. The molecule has 2 rings (SSSR count). The molecule has 0 saturated heterocycles. The van der Waals surface area contributed by atoms with Crippen LogP contribution in [0, 0.1) is 10.1 Å². The molecule has 0 aliphatic rings. The van der Waals surface area contributed by atoms with Gasteiger partial charge in [0.2, 0.25) is 0 Å². The molecule has 0 atom stereocenters. The van der Waals surface area contributed by atoms with Gasteiger partial charge in [-0.05, 0) is 45.8 Å². The number of benzene rings is 2. The summed E-state index contributed by atoms with van der Waals surface area (Å²) in [7, 11) is 1.50. The molecule has 0 bridgehead atoms. The number of carbonyl (C=O) groups excluding carboxylic acids is 1. The van der Waals surface area contributed by atoms with E-state index < -0.39 is 10.8 Å². The summed E-state index contributed by atoms with van der Waals surface area (Å²) < 4.78 is 12.1. The summed E-state index contributed by atoms with van der Waals surface area (Å²) in [6.07, 6.45) is 1.37. The Morgan fingerprint density at radius 3 is 2.62 bits per heavy atom. The molecule has 0 aromatic heterocycles. The van der Waals surface area contributed by atoms with Crippen molar-refractivity contribution in [1.82, 2.24) is 5.43 Å². The van der Waals surface area contributed by atoms with Crippen LogP contribution in [0.25, 0.3) is 0 Å². The number of halogens is 2. The zero-order chi connectivity index (χ0) is 19.1. The highest BCUT2D eigenvalue weighted by molar-refractivity contribution is 9.11. The van der Waals surface area contributed by atoms with Crippen LogP contribution in [0.15, 0.2) is 50.4 Å². The van der Waals surface area contributed by atoms with E-state index in [2.05, 4.69) is 42.4 Å². The van der Waals surface area contributed by atoms with E-state index >= 15 is 0 Å². The molecule has 2 aromatic rings. The molecule has 0 aliphatic heterocycles. The van der Waals surface area contributed by atoms with Crippen LogP contribution in [0.2, 0.25) is 0 Å². The van der Waals surface area contributed by atoms with Gasteiger partial charge in [0.25, 0.3) is 11.6 Å². The molecule has 0 radical (unpaired) electrons. The number of nitro groups is 1. The van der Waals surface area contributed by atoms with Gasteiger partial charge >= 0.3 is 0 Å². The van der Waals surface area contributed by atoms with E-state index in [-0.39, 0.29) is 12.3 Å². The summed E-state index contributed by atoms with van der Waals surface area (Å²) >= 11 is 6.68. The maximum absolute atomic E-state index is 11.8. The molecule has 1 N–H and O–H groups in total. The molecule has 8 nitrogen and oxygen atoms in total. The van der Waals surface area contributed by atoms with Crippen molar-refractivity contribution in [2.24, 2.45) is 5.10 Å². The molecule has 2 aromatic carbocycles. The van der Waals surface area contributed by atoms with E-state index in [1.54, 1.807) is 12.1 Å². The van der Waals surface area contributed by atoms with Crippen LogP contribution in [0.5, 0.6) is 11.5 Å². The Balaban J connectivity index is 1.90. The second-order valence-corrected chi connectivity index (χ2v) is 6.62. The molecular weight excluding hydrogens is 474 g/mol. The van der Waals surface area contributed by atoms with Crippen molar-refractivity contribution >= 4 is 49.7 Å².